The number of likely N-dealkylation sites (tertiary alicyclic amines) is 1. The van der Waals surface area contributed by atoms with Gasteiger partial charge >= 0.3 is 0 Å². The van der Waals surface area contributed by atoms with E-state index in [-0.39, 0.29) is 28.7 Å². The van der Waals surface area contributed by atoms with Crippen molar-refractivity contribution >= 4 is 23.4 Å². The third-order valence-corrected chi connectivity index (χ3v) is 4.74. The lowest BCUT2D eigenvalue weighted by Gasteiger charge is -2.24. The van der Waals surface area contributed by atoms with E-state index >= 15 is 0 Å². The standard InChI is InChI=1S/C18H25ClN2O4/c1-18(2)5-4-7-21(8-6-18)17(23)12-9-13(19)16(14(10-12)24-3)25-11-15(20)22/h9-10H,4-8,11H2,1-3H3,(H2,20,22). The van der Waals surface area contributed by atoms with Crippen LogP contribution < -0.4 is 15.2 Å². The number of halogens is 1. The molecule has 1 heterocycles. The van der Waals surface area contributed by atoms with Crippen LogP contribution in [0.4, 0.5) is 0 Å². The first-order chi connectivity index (χ1) is 11.7. The van der Waals surface area contributed by atoms with E-state index in [0.717, 1.165) is 25.8 Å². The van der Waals surface area contributed by atoms with Crippen molar-refractivity contribution in [2.45, 2.75) is 33.1 Å². The molecule has 0 radical (unpaired) electrons. The lowest BCUT2D eigenvalue weighted by Crippen LogP contribution is -2.32. The summed E-state index contributed by atoms with van der Waals surface area (Å²) in [5.41, 5.74) is 5.77. The van der Waals surface area contributed by atoms with Gasteiger partial charge in [0.25, 0.3) is 11.8 Å². The van der Waals surface area contributed by atoms with Crippen molar-refractivity contribution in [1.29, 1.82) is 0 Å². The topological polar surface area (TPSA) is 81.9 Å². The summed E-state index contributed by atoms with van der Waals surface area (Å²) in [4.78, 5) is 25.6. The molecule has 0 saturated carbocycles. The lowest BCUT2D eigenvalue weighted by molar-refractivity contribution is -0.119. The zero-order valence-electron chi connectivity index (χ0n) is 14.9. The number of nitrogens with zero attached hydrogens (tertiary/aromatic N) is 1. The minimum absolute atomic E-state index is 0.0839. The van der Waals surface area contributed by atoms with Gasteiger partial charge in [-0.2, -0.15) is 0 Å². The van der Waals surface area contributed by atoms with E-state index in [4.69, 9.17) is 26.8 Å². The van der Waals surface area contributed by atoms with Gasteiger partial charge in [-0.3, -0.25) is 9.59 Å². The van der Waals surface area contributed by atoms with Crippen LogP contribution in [-0.2, 0) is 4.79 Å². The summed E-state index contributed by atoms with van der Waals surface area (Å²) >= 11 is 6.23. The van der Waals surface area contributed by atoms with Gasteiger partial charge in [-0.05, 0) is 36.8 Å². The summed E-state index contributed by atoms with van der Waals surface area (Å²) in [6, 6.07) is 3.12. The number of hydrogen-bond donors (Lipinski definition) is 1. The molecule has 1 fully saturated rings. The fourth-order valence-electron chi connectivity index (χ4n) is 2.94. The molecule has 0 aromatic heterocycles. The van der Waals surface area contributed by atoms with Crippen molar-refractivity contribution in [3.8, 4) is 11.5 Å². The van der Waals surface area contributed by atoms with Gasteiger partial charge in [0.1, 0.15) is 0 Å². The second-order valence-corrected chi connectivity index (χ2v) is 7.46. The Labute approximate surface area is 153 Å². The Morgan fingerprint density at radius 1 is 1.28 bits per heavy atom. The highest BCUT2D eigenvalue weighted by atomic mass is 35.5. The predicted molar refractivity (Wildman–Crippen MR) is 96.2 cm³/mol. The van der Waals surface area contributed by atoms with Crippen LogP contribution >= 0.6 is 11.6 Å². The summed E-state index contributed by atoms with van der Waals surface area (Å²) in [5.74, 6) is -0.200. The van der Waals surface area contributed by atoms with Crippen LogP contribution in [0.25, 0.3) is 0 Å². The highest BCUT2D eigenvalue weighted by molar-refractivity contribution is 6.32. The van der Waals surface area contributed by atoms with E-state index in [0.29, 0.717) is 17.9 Å². The molecule has 1 aliphatic rings. The summed E-state index contributed by atoms with van der Waals surface area (Å²) in [7, 11) is 1.45. The fraction of sp³-hybridized carbons (Fsp3) is 0.556. The molecule has 0 spiro atoms. The zero-order chi connectivity index (χ0) is 18.6. The van der Waals surface area contributed by atoms with Crippen LogP contribution in [0, 0.1) is 5.41 Å². The normalized spacial score (nSPS) is 16.9. The second-order valence-electron chi connectivity index (χ2n) is 7.05. The lowest BCUT2D eigenvalue weighted by atomic mass is 9.85. The molecule has 2 N–H and O–H groups in total. The van der Waals surface area contributed by atoms with Crippen LogP contribution in [-0.4, -0.2) is 43.5 Å². The van der Waals surface area contributed by atoms with E-state index in [1.54, 1.807) is 12.1 Å². The fourth-order valence-corrected chi connectivity index (χ4v) is 3.20. The minimum atomic E-state index is -0.620. The average molecular weight is 369 g/mol. The molecule has 1 aromatic rings. The average Bonchev–Trinajstić information content (AvgIpc) is 2.72. The number of methoxy groups -OCH3 is 1. The number of ether oxygens (including phenoxy) is 2. The van der Waals surface area contributed by atoms with E-state index in [1.165, 1.54) is 7.11 Å². The summed E-state index contributed by atoms with van der Waals surface area (Å²) < 4.78 is 10.6. The van der Waals surface area contributed by atoms with Crippen molar-refractivity contribution in [2.75, 3.05) is 26.8 Å². The highest BCUT2D eigenvalue weighted by Gasteiger charge is 2.27. The molecule has 25 heavy (non-hydrogen) atoms. The van der Waals surface area contributed by atoms with Crippen LogP contribution in [0.1, 0.15) is 43.5 Å². The van der Waals surface area contributed by atoms with Crippen molar-refractivity contribution in [2.24, 2.45) is 11.1 Å². The molecule has 1 saturated heterocycles. The van der Waals surface area contributed by atoms with Gasteiger partial charge < -0.3 is 20.1 Å². The number of nitrogens with two attached hydrogens (primary N) is 1. The first-order valence-electron chi connectivity index (χ1n) is 8.31. The van der Waals surface area contributed by atoms with Crippen LogP contribution in [0.3, 0.4) is 0 Å². The molecular weight excluding hydrogens is 344 g/mol. The maximum absolute atomic E-state index is 12.9. The van der Waals surface area contributed by atoms with E-state index in [1.807, 2.05) is 4.90 Å². The van der Waals surface area contributed by atoms with Gasteiger partial charge in [0.2, 0.25) is 0 Å². The third kappa shape index (κ3) is 5.01. The molecule has 0 atom stereocenters. The quantitative estimate of drug-likeness (QED) is 0.866. The van der Waals surface area contributed by atoms with Gasteiger partial charge in [0, 0.05) is 18.7 Å². The molecule has 2 rings (SSSR count). The monoisotopic (exact) mass is 368 g/mol. The van der Waals surface area contributed by atoms with Gasteiger partial charge in [-0.1, -0.05) is 25.4 Å². The Bertz CT molecular complexity index is 661. The molecule has 6 nitrogen and oxygen atoms in total. The van der Waals surface area contributed by atoms with Crippen LogP contribution in [0.5, 0.6) is 11.5 Å². The number of carbonyl (C=O) groups excluding carboxylic acids is 2. The number of carbonyl (C=O) groups is 2. The largest absolute Gasteiger partial charge is 0.493 e. The molecule has 0 unspecified atom stereocenters. The number of primary amides is 1. The molecule has 7 heteroatoms. The smallest absolute Gasteiger partial charge is 0.255 e. The first kappa shape index (κ1) is 19.4. The van der Waals surface area contributed by atoms with Crippen LogP contribution in [0.2, 0.25) is 5.02 Å². The van der Waals surface area contributed by atoms with Gasteiger partial charge in [0.05, 0.1) is 12.1 Å². The van der Waals surface area contributed by atoms with Gasteiger partial charge in [-0.25, -0.2) is 0 Å². The van der Waals surface area contributed by atoms with E-state index in [2.05, 4.69) is 13.8 Å². The molecule has 138 valence electrons. The molecular formula is C18H25ClN2O4. The SMILES string of the molecule is COc1cc(C(=O)N2CCCC(C)(C)CC2)cc(Cl)c1OCC(N)=O. The molecule has 1 aliphatic heterocycles. The molecule has 1 aromatic carbocycles. The van der Waals surface area contributed by atoms with Gasteiger partial charge in [0.15, 0.2) is 18.1 Å². The number of benzene rings is 1. The first-order valence-corrected chi connectivity index (χ1v) is 8.69. The molecule has 0 bridgehead atoms. The Kier molecular flexibility index (Phi) is 6.16. The predicted octanol–water partition coefficient (Wildman–Crippen LogP) is 2.87. The number of hydrogen-bond acceptors (Lipinski definition) is 4. The zero-order valence-corrected chi connectivity index (χ0v) is 15.7. The Balaban J connectivity index is 2.22. The van der Waals surface area contributed by atoms with Crippen molar-refractivity contribution in [3.63, 3.8) is 0 Å². The molecule has 2 amide bonds. The Hall–Kier alpha value is -1.95. The Morgan fingerprint density at radius 2 is 2.00 bits per heavy atom. The summed E-state index contributed by atoms with van der Waals surface area (Å²) in [6.07, 6.45) is 3.04. The molecule has 0 aliphatic carbocycles. The van der Waals surface area contributed by atoms with Crippen molar-refractivity contribution in [1.82, 2.24) is 4.90 Å². The Morgan fingerprint density at radius 3 is 2.64 bits per heavy atom. The number of rotatable bonds is 5. The van der Waals surface area contributed by atoms with Crippen molar-refractivity contribution in [3.05, 3.63) is 22.7 Å². The number of amides is 2. The maximum Gasteiger partial charge on any atom is 0.255 e. The van der Waals surface area contributed by atoms with Gasteiger partial charge in [-0.15, -0.1) is 0 Å². The minimum Gasteiger partial charge on any atom is -0.493 e. The van der Waals surface area contributed by atoms with Crippen molar-refractivity contribution < 1.29 is 19.1 Å². The van der Waals surface area contributed by atoms with E-state index in [9.17, 15) is 9.59 Å². The second kappa shape index (κ2) is 7.95. The van der Waals surface area contributed by atoms with Crippen LogP contribution in [0.15, 0.2) is 12.1 Å². The summed E-state index contributed by atoms with van der Waals surface area (Å²) in [6.45, 7) is 5.58. The maximum atomic E-state index is 12.9. The third-order valence-electron chi connectivity index (χ3n) is 4.46. The van der Waals surface area contributed by atoms with E-state index < -0.39 is 5.91 Å². The highest BCUT2D eigenvalue weighted by Crippen LogP contribution is 2.37. The summed E-state index contributed by atoms with van der Waals surface area (Å²) in [5, 5.41) is 0.208.